The highest BCUT2D eigenvalue weighted by atomic mass is 19.1. The second-order valence-electron chi connectivity index (χ2n) is 4.82. The molecule has 1 saturated carbocycles. The smallest absolute Gasteiger partial charge is 0.132 e. The first kappa shape index (κ1) is 12.2. The second-order valence-corrected chi connectivity index (χ2v) is 4.82. The van der Waals surface area contributed by atoms with Crippen molar-refractivity contribution in [2.75, 3.05) is 0 Å². The van der Waals surface area contributed by atoms with Crippen LogP contribution in [0.2, 0.25) is 0 Å². The van der Waals surface area contributed by atoms with Crippen molar-refractivity contribution >= 4 is 0 Å². The summed E-state index contributed by atoms with van der Waals surface area (Å²) < 4.78 is 19.2. The van der Waals surface area contributed by atoms with E-state index in [2.05, 4.69) is 5.32 Å². The molecule has 2 aromatic carbocycles. The molecule has 0 atom stereocenters. The molecule has 0 heterocycles. The maximum absolute atomic E-state index is 13.3. The Hall–Kier alpha value is -1.87. The molecule has 2 nitrogen and oxygen atoms in total. The first-order chi connectivity index (χ1) is 9.31. The number of rotatable bonds is 5. The summed E-state index contributed by atoms with van der Waals surface area (Å²) in [6.07, 6.45) is 2.42. The summed E-state index contributed by atoms with van der Waals surface area (Å²) in [6.45, 7) is 0.643. The van der Waals surface area contributed by atoms with Crippen LogP contribution < -0.4 is 10.1 Å². The summed E-state index contributed by atoms with van der Waals surface area (Å²) in [4.78, 5) is 0. The van der Waals surface area contributed by atoms with E-state index in [0.29, 0.717) is 18.3 Å². The molecule has 19 heavy (non-hydrogen) atoms. The Balaban J connectivity index is 1.78. The van der Waals surface area contributed by atoms with Crippen molar-refractivity contribution < 1.29 is 9.13 Å². The zero-order chi connectivity index (χ0) is 13.1. The van der Waals surface area contributed by atoms with Gasteiger partial charge in [0, 0.05) is 18.2 Å². The van der Waals surface area contributed by atoms with E-state index in [1.54, 1.807) is 6.07 Å². The molecule has 1 N–H and O–H groups in total. The van der Waals surface area contributed by atoms with Gasteiger partial charge in [0.2, 0.25) is 0 Å². The summed E-state index contributed by atoms with van der Waals surface area (Å²) in [7, 11) is 0. The van der Waals surface area contributed by atoms with E-state index in [9.17, 15) is 4.39 Å². The van der Waals surface area contributed by atoms with Gasteiger partial charge in [0.05, 0.1) is 0 Å². The zero-order valence-corrected chi connectivity index (χ0v) is 10.6. The van der Waals surface area contributed by atoms with E-state index >= 15 is 0 Å². The monoisotopic (exact) mass is 257 g/mol. The van der Waals surface area contributed by atoms with E-state index in [1.165, 1.54) is 25.0 Å². The largest absolute Gasteiger partial charge is 0.457 e. The maximum Gasteiger partial charge on any atom is 0.132 e. The van der Waals surface area contributed by atoms with Gasteiger partial charge in [-0.1, -0.05) is 18.2 Å². The summed E-state index contributed by atoms with van der Waals surface area (Å²) in [5.74, 6) is 1.25. The van der Waals surface area contributed by atoms with Gasteiger partial charge in [-0.3, -0.25) is 0 Å². The average molecular weight is 257 g/mol. The van der Waals surface area contributed by atoms with Gasteiger partial charge in [-0.05, 0) is 43.2 Å². The average Bonchev–Trinajstić information content (AvgIpc) is 3.24. The van der Waals surface area contributed by atoms with E-state index < -0.39 is 0 Å². The Labute approximate surface area is 112 Å². The molecule has 98 valence electrons. The summed E-state index contributed by atoms with van der Waals surface area (Å²) in [5.41, 5.74) is 0.857. The zero-order valence-electron chi connectivity index (χ0n) is 10.6. The standard InChI is InChI=1S/C16H16FNO/c17-13-6-9-16(19-15-4-2-1-3-5-15)12(10-13)11-18-14-7-8-14/h1-6,9-10,14,18H,7-8,11H2. The molecule has 0 bridgehead atoms. The van der Waals surface area contributed by atoms with Crippen LogP contribution in [0, 0.1) is 5.82 Å². The van der Waals surface area contributed by atoms with Crippen LogP contribution in [0.5, 0.6) is 11.5 Å². The predicted molar refractivity (Wildman–Crippen MR) is 72.8 cm³/mol. The highest BCUT2D eigenvalue weighted by molar-refractivity contribution is 5.38. The van der Waals surface area contributed by atoms with E-state index in [4.69, 9.17) is 4.74 Å². The third-order valence-corrected chi connectivity index (χ3v) is 3.15. The highest BCUT2D eigenvalue weighted by Crippen LogP contribution is 2.27. The Morgan fingerprint density at radius 3 is 2.63 bits per heavy atom. The molecule has 1 fully saturated rings. The van der Waals surface area contributed by atoms with Gasteiger partial charge in [0.15, 0.2) is 0 Å². The third-order valence-electron chi connectivity index (χ3n) is 3.15. The van der Waals surface area contributed by atoms with Crippen molar-refractivity contribution in [1.29, 1.82) is 0 Å². The molecule has 0 aromatic heterocycles. The van der Waals surface area contributed by atoms with Gasteiger partial charge in [-0.2, -0.15) is 0 Å². The van der Waals surface area contributed by atoms with Crippen LogP contribution in [-0.2, 0) is 6.54 Å². The summed E-state index contributed by atoms with van der Waals surface area (Å²) in [6, 6.07) is 14.8. The molecule has 2 aromatic rings. The molecule has 0 amide bonds. The predicted octanol–water partition coefficient (Wildman–Crippen LogP) is 3.87. The molecule has 0 unspecified atom stereocenters. The molecule has 0 aliphatic heterocycles. The molecular weight excluding hydrogens is 241 g/mol. The Morgan fingerprint density at radius 1 is 1.11 bits per heavy atom. The molecular formula is C16H16FNO. The van der Waals surface area contributed by atoms with Crippen LogP contribution >= 0.6 is 0 Å². The number of hydrogen-bond donors (Lipinski definition) is 1. The minimum absolute atomic E-state index is 0.229. The van der Waals surface area contributed by atoms with Gasteiger partial charge in [0.25, 0.3) is 0 Å². The van der Waals surface area contributed by atoms with Crippen LogP contribution in [0.1, 0.15) is 18.4 Å². The highest BCUT2D eigenvalue weighted by Gasteiger charge is 2.20. The molecule has 3 heteroatoms. The molecule has 3 rings (SSSR count). The lowest BCUT2D eigenvalue weighted by Gasteiger charge is -2.12. The lowest BCUT2D eigenvalue weighted by atomic mass is 10.2. The van der Waals surface area contributed by atoms with Crippen molar-refractivity contribution in [2.24, 2.45) is 0 Å². The lowest BCUT2D eigenvalue weighted by Crippen LogP contribution is -2.15. The fourth-order valence-electron chi connectivity index (χ4n) is 1.94. The molecule has 0 spiro atoms. The molecule has 0 saturated heterocycles. The summed E-state index contributed by atoms with van der Waals surface area (Å²) >= 11 is 0. The normalized spacial score (nSPS) is 14.4. The van der Waals surface area contributed by atoms with Crippen LogP contribution in [-0.4, -0.2) is 6.04 Å². The molecule has 0 radical (unpaired) electrons. The minimum atomic E-state index is -0.229. The van der Waals surface area contributed by atoms with Gasteiger partial charge in [0.1, 0.15) is 17.3 Å². The van der Waals surface area contributed by atoms with E-state index in [-0.39, 0.29) is 5.82 Å². The van der Waals surface area contributed by atoms with Crippen molar-refractivity contribution in [3.05, 3.63) is 59.9 Å². The van der Waals surface area contributed by atoms with Gasteiger partial charge in [-0.25, -0.2) is 4.39 Å². The summed E-state index contributed by atoms with van der Waals surface area (Å²) in [5, 5.41) is 3.38. The third kappa shape index (κ3) is 3.32. The Bertz CT molecular complexity index is 552. The number of halogens is 1. The first-order valence-corrected chi connectivity index (χ1v) is 6.56. The fraction of sp³-hybridized carbons (Fsp3) is 0.250. The molecule has 1 aliphatic carbocycles. The van der Waals surface area contributed by atoms with Gasteiger partial charge < -0.3 is 10.1 Å². The van der Waals surface area contributed by atoms with Gasteiger partial charge in [-0.15, -0.1) is 0 Å². The number of benzene rings is 2. The number of nitrogens with one attached hydrogen (secondary N) is 1. The van der Waals surface area contributed by atoms with Crippen molar-refractivity contribution in [2.45, 2.75) is 25.4 Å². The van der Waals surface area contributed by atoms with E-state index in [1.807, 2.05) is 30.3 Å². The van der Waals surface area contributed by atoms with Crippen molar-refractivity contribution in [3.63, 3.8) is 0 Å². The van der Waals surface area contributed by atoms with Crippen molar-refractivity contribution in [1.82, 2.24) is 5.32 Å². The van der Waals surface area contributed by atoms with Crippen LogP contribution in [0.3, 0.4) is 0 Å². The Kier molecular flexibility index (Phi) is 3.47. The van der Waals surface area contributed by atoms with Crippen LogP contribution in [0.4, 0.5) is 4.39 Å². The van der Waals surface area contributed by atoms with Crippen LogP contribution in [0.15, 0.2) is 48.5 Å². The SMILES string of the molecule is Fc1ccc(Oc2ccccc2)c(CNC2CC2)c1. The number of para-hydroxylation sites is 1. The lowest BCUT2D eigenvalue weighted by molar-refractivity contribution is 0.469. The second kappa shape index (κ2) is 5.41. The number of hydrogen-bond acceptors (Lipinski definition) is 2. The number of ether oxygens (including phenoxy) is 1. The van der Waals surface area contributed by atoms with Crippen molar-refractivity contribution in [3.8, 4) is 11.5 Å². The maximum atomic E-state index is 13.3. The molecule has 1 aliphatic rings. The fourth-order valence-corrected chi connectivity index (χ4v) is 1.94. The quantitative estimate of drug-likeness (QED) is 0.878. The van der Waals surface area contributed by atoms with E-state index in [0.717, 1.165) is 11.3 Å². The van der Waals surface area contributed by atoms with Gasteiger partial charge >= 0.3 is 0 Å². The van der Waals surface area contributed by atoms with Crippen LogP contribution in [0.25, 0.3) is 0 Å². The minimum Gasteiger partial charge on any atom is -0.457 e. The Morgan fingerprint density at radius 2 is 1.89 bits per heavy atom. The topological polar surface area (TPSA) is 21.3 Å². The first-order valence-electron chi connectivity index (χ1n) is 6.56.